The van der Waals surface area contributed by atoms with Crippen molar-refractivity contribution in [2.75, 3.05) is 13.1 Å². The monoisotopic (exact) mass is 357 g/mol. The first-order valence-corrected chi connectivity index (χ1v) is 9.00. The molecule has 1 aliphatic rings. The van der Waals surface area contributed by atoms with Gasteiger partial charge < -0.3 is 10.2 Å². The van der Waals surface area contributed by atoms with Gasteiger partial charge in [0.25, 0.3) is 0 Å². The van der Waals surface area contributed by atoms with Crippen LogP contribution in [0.1, 0.15) is 28.9 Å². The van der Waals surface area contributed by atoms with Crippen LogP contribution in [0.2, 0.25) is 0 Å². The van der Waals surface area contributed by atoms with Crippen LogP contribution < -0.4 is 0 Å². The summed E-state index contributed by atoms with van der Waals surface area (Å²) in [6, 6.07) is 9.56. The topological polar surface area (TPSA) is 78.6 Å². The van der Waals surface area contributed by atoms with E-state index < -0.39 is 17.5 Å². The molecule has 6 heteroatoms. The molecule has 0 radical (unpaired) electrons. The molecule has 0 saturated carbocycles. The average molecular weight is 357 g/mol. The van der Waals surface area contributed by atoms with Gasteiger partial charge in [-0.1, -0.05) is 30.3 Å². The Bertz CT molecular complexity index is 787. The van der Waals surface area contributed by atoms with E-state index in [4.69, 9.17) is 0 Å². The number of rotatable bonds is 5. The van der Waals surface area contributed by atoms with E-state index in [0.717, 1.165) is 22.5 Å². The smallest absolute Gasteiger partial charge is 0.312 e. The van der Waals surface area contributed by atoms with Crippen molar-refractivity contribution in [1.29, 1.82) is 0 Å². The number of hydrogen-bond acceptors (Lipinski definition) is 4. The highest BCUT2D eigenvalue weighted by molar-refractivity contribution is 5.76. The van der Waals surface area contributed by atoms with Crippen molar-refractivity contribution in [3.8, 4) is 0 Å². The number of piperidine rings is 1. The van der Waals surface area contributed by atoms with Crippen molar-refractivity contribution >= 4 is 5.97 Å². The van der Waals surface area contributed by atoms with Crippen molar-refractivity contribution in [3.05, 3.63) is 52.8 Å². The molecule has 6 nitrogen and oxygen atoms in total. The maximum Gasteiger partial charge on any atom is 0.312 e. The molecular formula is C20H27N3O3. The van der Waals surface area contributed by atoms with Gasteiger partial charge in [-0.2, -0.15) is 5.10 Å². The van der Waals surface area contributed by atoms with E-state index in [-0.39, 0.29) is 0 Å². The molecule has 1 aliphatic heterocycles. The fourth-order valence-electron chi connectivity index (χ4n) is 3.94. The molecule has 0 bridgehead atoms. The van der Waals surface area contributed by atoms with E-state index in [1.165, 1.54) is 0 Å². The fourth-order valence-corrected chi connectivity index (χ4v) is 3.94. The molecule has 140 valence electrons. The van der Waals surface area contributed by atoms with Crippen LogP contribution in [0.15, 0.2) is 30.3 Å². The highest BCUT2D eigenvalue weighted by Gasteiger charge is 2.48. The second-order valence-electron chi connectivity index (χ2n) is 7.40. The first-order chi connectivity index (χ1) is 12.3. The van der Waals surface area contributed by atoms with E-state index in [1.807, 2.05) is 55.9 Å². The zero-order valence-corrected chi connectivity index (χ0v) is 15.6. The summed E-state index contributed by atoms with van der Waals surface area (Å²) in [5.74, 6) is -0.915. The van der Waals surface area contributed by atoms with Gasteiger partial charge in [-0.3, -0.25) is 14.4 Å². The molecule has 1 fully saturated rings. The second-order valence-corrected chi connectivity index (χ2v) is 7.40. The molecule has 1 aromatic carbocycles. The summed E-state index contributed by atoms with van der Waals surface area (Å²) in [5, 5.41) is 25.1. The number of carboxylic acid groups (broad SMARTS) is 1. The van der Waals surface area contributed by atoms with E-state index >= 15 is 0 Å². The second kappa shape index (κ2) is 7.21. The molecule has 2 atom stereocenters. The SMILES string of the molecule is Cc1nn(C)c(C)c1CN1CC[C@](Cc2ccccc2)(C(=O)O)[C@@H](O)C1. The van der Waals surface area contributed by atoms with Crippen LogP contribution >= 0.6 is 0 Å². The predicted octanol–water partition coefficient (Wildman–Crippen LogP) is 1.92. The number of β-amino-alcohol motifs (C(OH)–C–C–N with tert-alkyl or cyclic N) is 1. The summed E-state index contributed by atoms with van der Waals surface area (Å²) in [7, 11) is 1.92. The Balaban J connectivity index is 1.76. The maximum atomic E-state index is 12.1. The van der Waals surface area contributed by atoms with Crippen LogP contribution in [0, 0.1) is 19.3 Å². The average Bonchev–Trinajstić information content (AvgIpc) is 2.84. The molecule has 2 heterocycles. The van der Waals surface area contributed by atoms with Crippen LogP contribution in [0.5, 0.6) is 0 Å². The lowest BCUT2D eigenvalue weighted by Crippen LogP contribution is -2.55. The number of aliphatic carboxylic acids is 1. The normalized spacial score (nSPS) is 23.9. The van der Waals surface area contributed by atoms with Gasteiger partial charge >= 0.3 is 5.97 Å². The van der Waals surface area contributed by atoms with Crippen molar-refractivity contribution in [2.45, 2.75) is 39.3 Å². The third-order valence-electron chi connectivity index (χ3n) is 5.77. The molecule has 26 heavy (non-hydrogen) atoms. The first-order valence-electron chi connectivity index (χ1n) is 9.00. The van der Waals surface area contributed by atoms with E-state index in [2.05, 4.69) is 10.00 Å². The minimum atomic E-state index is -1.13. The molecule has 2 aromatic rings. The van der Waals surface area contributed by atoms with Gasteiger partial charge in [0, 0.05) is 31.4 Å². The Labute approximate surface area is 154 Å². The molecule has 3 rings (SSSR count). The molecule has 0 spiro atoms. The zero-order chi connectivity index (χ0) is 18.9. The molecule has 2 N–H and O–H groups in total. The van der Waals surface area contributed by atoms with Gasteiger partial charge in [-0.05, 0) is 38.8 Å². The minimum Gasteiger partial charge on any atom is -0.481 e. The molecule has 1 saturated heterocycles. The van der Waals surface area contributed by atoms with Crippen molar-refractivity contribution in [3.63, 3.8) is 0 Å². The van der Waals surface area contributed by atoms with Crippen LogP contribution in [-0.2, 0) is 24.8 Å². The Morgan fingerprint density at radius 1 is 1.31 bits per heavy atom. The number of likely N-dealkylation sites (tertiary alicyclic amines) is 1. The first kappa shape index (κ1) is 18.6. The Morgan fingerprint density at radius 3 is 2.54 bits per heavy atom. The number of hydrogen-bond donors (Lipinski definition) is 2. The van der Waals surface area contributed by atoms with Gasteiger partial charge in [0.05, 0.1) is 11.8 Å². The van der Waals surface area contributed by atoms with Gasteiger partial charge in [0.1, 0.15) is 5.41 Å². The standard InChI is InChI=1S/C20H27N3O3/c1-14-17(15(2)22(3)21-14)12-23-10-9-20(19(25)26,18(24)13-23)11-16-7-5-4-6-8-16/h4-8,18,24H,9-13H2,1-3H3,(H,25,26)/t18-,20+/m0/s1. The van der Waals surface area contributed by atoms with Crippen LogP contribution in [0.4, 0.5) is 0 Å². The van der Waals surface area contributed by atoms with Gasteiger partial charge in [0.15, 0.2) is 0 Å². The molecule has 0 aliphatic carbocycles. The number of aromatic nitrogens is 2. The third-order valence-corrected chi connectivity index (χ3v) is 5.77. The lowest BCUT2D eigenvalue weighted by molar-refractivity contribution is -0.163. The number of aliphatic hydroxyl groups excluding tert-OH is 1. The molecule has 0 unspecified atom stereocenters. The van der Waals surface area contributed by atoms with Crippen molar-refractivity contribution in [1.82, 2.24) is 14.7 Å². The summed E-state index contributed by atoms with van der Waals surface area (Å²) < 4.78 is 1.86. The highest BCUT2D eigenvalue weighted by Crippen LogP contribution is 2.36. The number of aliphatic hydroxyl groups is 1. The Morgan fingerprint density at radius 2 is 2.00 bits per heavy atom. The minimum absolute atomic E-state index is 0.350. The van der Waals surface area contributed by atoms with E-state index in [0.29, 0.717) is 32.5 Å². The number of aryl methyl sites for hydroxylation is 2. The summed E-state index contributed by atoms with van der Waals surface area (Å²) in [5.41, 5.74) is 3.07. The number of nitrogens with zero attached hydrogens (tertiary/aromatic N) is 3. The van der Waals surface area contributed by atoms with E-state index in [1.54, 1.807) is 0 Å². The molecule has 0 amide bonds. The molecule has 1 aromatic heterocycles. The summed E-state index contributed by atoms with van der Waals surface area (Å²) >= 11 is 0. The van der Waals surface area contributed by atoms with E-state index in [9.17, 15) is 15.0 Å². The number of carboxylic acids is 1. The number of benzene rings is 1. The van der Waals surface area contributed by atoms with Crippen molar-refractivity contribution in [2.24, 2.45) is 12.5 Å². The lowest BCUT2D eigenvalue weighted by Gasteiger charge is -2.43. The highest BCUT2D eigenvalue weighted by atomic mass is 16.4. The Kier molecular flexibility index (Phi) is 5.16. The quantitative estimate of drug-likeness (QED) is 0.855. The van der Waals surface area contributed by atoms with Crippen molar-refractivity contribution < 1.29 is 15.0 Å². The predicted molar refractivity (Wildman–Crippen MR) is 98.8 cm³/mol. The van der Waals surface area contributed by atoms with Gasteiger partial charge in [0.2, 0.25) is 0 Å². The van der Waals surface area contributed by atoms with Crippen LogP contribution in [0.3, 0.4) is 0 Å². The third kappa shape index (κ3) is 3.39. The Hall–Kier alpha value is -2.18. The summed E-state index contributed by atoms with van der Waals surface area (Å²) in [6.07, 6.45) is -0.133. The van der Waals surface area contributed by atoms with Crippen LogP contribution in [-0.4, -0.2) is 50.1 Å². The maximum absolute atomic E-state index is 12.1. The summed E-state index contributed by atoms with van der Waals surface area (Å²) in [4.78, 5) is 14.2. The van der Waals surface area contributed by atoms with Gasteiger partial charge in [-0.25, -0.2) is 0 Å². The molecular weight excluding hydrogens is 330 g/mol. The zero-order valence-electron chi connectivity index (χ0n) is 15.6. The fraction of sp³-hybridized carbons (Fsp3) is 0.500. The number of carbonyl (C=O) groups is 1. The summed E-state index contributed by atoms with van der Waals surface area (Å²) in [6.45, 7) is 5.70. The lowest BCUT2D eigenvalue weighted by atomic mass is 9.71. The van der Waals surface area contributed by atoms with Gasteiger partial charge in [-0.15, -0.1) is 0 Å². The largest absolute Gasteiger partial charge is 0.481 e. The van der Waals surface area contributed by atoms with Crippen LogP contribution in [0.25, 0.3) is 0 Å².